The minimum Gasteiger partial charge on any atom is -0.147 e. The SMILES string of the molecule is CC1=Cc2c(-c3ccc(C4CCCCC4)cc3)cccc2[CH]1[Zr]([CH3])([CH3])(=[SiH2])[CH]1C(C(C)C)=Cc2c(-c3ccc(C4CCCCC4)cc3)cccc21.Cl.Cl. The Hall–Kier alpha value is -1.96. The zero-order valence-electron chi connectivity index (χ0n) is 32.2. The van der Waals surface area contributed by atoms with Crippen LogP contribution in [0.4, 0.5) is 0 Å². The van der Waals surface area contributed by atoms with Crippen LogP contribution in [0, 0.1) is 5.92 Å². The van der Waals surface area contributed by atoms with Gasteiger partial charge in [0.05, 0.1) is 0 Å². The Morgan fingerprint density at radius 2 is 0.981 bits per heavy atom. The molecule has 0 saturated heterocycles. The minimum atomic E-state index is -3.67. The number of hydrogen-bond donors (Lipinski definition) is 0. The summed E-state index contributed by atoms with van der Waals surface area (Å²) in [5, 5.41) is 0. The summed E-state index contributed by atoms with van der Waals surface area (Å²) in [6.07, 6.45) is 19.0. The molecule has 0 heterocycles. The van der Waals surface area contributed by atoms with E-state index in [4.69, 9.17) is 0 Å². The van der Waals surface area contributed by atoms with E-state index in [1.165, 1.54) is 97.6 Å². The maximum absolute atomic E-state index is 3.67. The van der Waals surface area contributed by atoms with Crippen LogP contribution >= 0.6 is 24.8 Å². The van der Waals surface area contributed by atoms with Crippen molar-refractivity contribution in [2.75, 3.05) is 0 Å². The third-order valence-electron chi connectivity index (χ3n) is 13.5. The number of benzene rings is 4. The van der Waals surface area contributed by atoms with Crippen LogP contribution in [0.15, 0.2) is 96.1 Å². The molecule has 4 aliphatic rings. The number of allylic oxidation sites excluding steroid dienone is 2. The van der Waals surface area contributed by atoms with E-state index in [0.29, 0.717) is 13.2 Å². The second-order valence-corrected chi connectivity index (χ2v) is 48.5. The maximum atomic E-state index is 2.80. The normalized spacial score (nSPS) is 20.8. The predicted molar refractivity (Wildman–Crippen MR) is 232 cm³/mol. The van der Waals surface area contributed by atoms with E-state index >= 15 is 0 Å². The molecule has 2 atom stereocenters. The molecule has 0 spiro atoms. The van der Waals surface area contributed by atoms with Crippen molar-refractivity contribution in [1.29, 1.82) is 0 Å². The van der Waals surface area contributed by atoms with E-state index in [1.54, 1.807) is 33.4 Å². The van der Waals surface area contributed by atoms with Crippen LogP contribution in [0.3, 0.4) is 0 Å². The molecule has 0 amide bonds. The van der Waals surface area contributed by atoms with Crippen molar-refractivity contribution in [3.05, 3.63) is 129 Å². The van der Waals surface area contributed by atoms with Crippen molar-refractivity contribution in [3.8, 4) is 22.3 Å². The van der Waals surface area contributed by atoms with Gasteiger partial charge in [0.1, 0.15) is 0 Å². The second kappa shape index (κ2) is 15.6. The molecule has 0 bridgehead atoms. The van der Waals surface area contributed by atoms with Gasteiger partial charge in [-0.1, -0.05) is 0 Å². The van der Waals surface area contributed by atoms with Gasteiger partial charge in [0.25, 0.3) is 0 Å². The molecule has 0 nitrogen and oxygen atoms in total. The van der Waals surface area contributed by atoms with Gasteiger partial charge in [0, 0.05) is 0 Å². The molecule has 4 aromatic carbocycles. The van der Waals surface area contributed by atoms with Gasteiger partial charge >= 0.3 is 307 Å². The van der Waals surface area contributed by atoms with E-state index in [1.807, 2.05) is 0 Å². The average Bonchev–Trinajstić information content (AvgIpc) is 3.72. The van der Waals surface area contributed by atoms with E-state index < -0.39 is 17.4 Å². The van der Waals surface area contributed by atoms with Crippen molar-refractivity contribution in [2.24, 2.45) is 5.92 Å². The summed E-state index contributed by atoms with van der Waals surface area (Å²) < 4.78 is 6.65. The van der Waals surface area contributed by atoms with Crippen LogP contribution in [-0.2, 0) is 17.4 Å². The topological polar surface area (TPSA) is 0 Å². The maximum Gasteiger partial charge on any atom is -0.147 e. The number of hydrogen-bond acceptors (Lipinski definition) is 0. The summed E-state index contributed by atoms with van der Waals surface area (Å²) in [7, 11) is 0. The molecular formula is C48H60Cl2SiZr. The molecular weight excluding hydrogens is 767 g/mol. The Labute approximate surface area is 329 Å². The summed E-state index contributed by atoms with van der Waals surface area (Å²) in [6.45, 7) is 9.82. The monoisotopic (exact) mass is 824 g/mol. The molecule has 4 aliphatic carbocycles. The Morgan fingerprint density at radius 1 is 0.558 bits per heavy atom. The first-order chi connectivity index (χ1) is 24.1. The zero-order valence-corrected chi connectivity index (χ0v) is 37.7. The van der Waals surface area contributed by atoms with Crippen LogP contribution in [0.1, 0.15) is 137 Å². The third kappa shape index (κ3) is 7.14. The van der Waals surface area contributed by atoms with Crippen LogP contribution in [0.25, 0.3) is 34.4 Å². The summed E-state index contributed by atoms with van der Waals surface area (Å²) in [5.41, 5.74) is 18.1. The third-order valence-corrected chi connectivity index (χ3v) is 31.2. The molecule has 0 aliphatic heterocycles. The zero-order chi connectivity index (χ0) is 34.6. The molecule has 4 heteroatoms. The summed E-state index contributed by atoms with van der Waals surface area (Å²) in [6, 6.07) is 33.9. The molecule has 0 radical (unpaired) electrons. The van der Waals surface area contributed by atoms with Gasteiger partial charge in [-0.3, -0.25) is 0 Å². The van der Waals surface area contributed by atoms with Crippen LogP contribution in [0.2, 0.25) is 9.26 Å². The van der Waals surface area contributed by atoms with Crippen molar-refractivity contribution >= 4 is 43.8 Å². The largest absolute Gasteiger partial charge is 0.147 e. The van der Waals surface area contributed by atoms with Crippen molar-refractivity contribution in [1.82, 2.24) is 0 Å². The fourth-order valence-electron chi connectivity index (χ4n) is 11.2. The van der Waals surface area contributed by atoms with Gasteiger partial charge in [0.2, 0.25) is 0 Å². The first kappa shape index (κ1) is 39.7. The van der Waals surface area contributed by atoms with Gasteiger partial charge in [0.15, 0.2) is 0 Å². The molecule has 8 rings (SSSR count). The average molecular weight is 827 g/mol. The van der Waals surface area contributed by atoms with Crippen LogP contribution in [0.5, 0.6) is 0 Å². The first-order valence-electron chi connectivity index (χ1n) is 20.0. The molecule has 2 fully saturated rings. The molecule has 2 saturated carbocycles. The molecule has 0 N–H and O–H groups in total. The first-order valence-corrected chi connectivity index (χ1v) is 33.7. The van der Waals surface area contributed by atoms with Gasteiger partial charge in [-0.25, -0.2) is 0 Å². The van der Waals surface area contributed by atoms with Crippen molar-refractivity contribution < 1.29 is 17.4 Å². The van der Waals surface area contributed by atoms with Crippen LogP contribution in [-0.4, -0.2) is 6.88 Å². The van der Waals surface area contributed by atoms with Crippen molar-refractivity contribution in [2.45, 2.75) is 113 Å². The molecule has 4 aromatic rings. The van der Waals surface area contributed by atoms with Crippen LogP contribution < -0.4 is 0 Å². The molecule has 274 valence electrons. The van der Waals surface area contributed by atoms with E-state index in [-0.39, 0.29) is 24.8 Å². The fourth-order valence-corrected chi connectivity index (χ4v) is 31.8. The van der Waals surface area contributed by atoms with Gasteiger partial charge < -0.3 is 0 Å². The molecule has 2 unspecified atom stereocenters. The molecule has 52 heavy (non-hydrogen) atoms. The van der Waals surface area contributed by atoms with Gasteiger partial charge in [-0.15, -0.1) is 24.8 Å². The summed E-state index contributed by atoms with van der Waals surface area (Å²) in [4.78, 5) is 0. The number of rotatable bonds is 7. The van der Waals surface area contributed by atoms with Crippen molar-refractivity contribution in [3.63, 3.8) is 0 Å². The quantitative estimate of drug-likeness (QED) is 0.163. The second-order valence-electron chi connectivity index (χ2n) is 18.0. The smallest absolute Gasteiger partial charge is 0.147 e. The Morgan fingerprint density at radius 3 is 1.42 bits per heavy atom. The Kier molecular flexibility index (Phi) is 12.0. The van der Waals surface area contributed by atoms with Gasteiger partial charge in [-0.2, -0.15) is 0 Å². The minimum absolute atomic E-state index is 0. The summed E-state index contributed by atoms with van der Waals surface area (Å²) in [5.74, 6) is 2.02. The summed E-state index contributed by atoms with van der Waals surface area (Å²) >= 11 is -3.67. The number of fused-ring (bicyclic) bond motifs is 2. The van der Waals surface area contributed by atoms with E-state index in [2.05, 4.69) is 134 Å². The predicted octanol–water partition coefficient (Wildman–Crippen LogP) is 14.5. The van der Waals surface area contributed by atoms with E-state index in [9.17, 15) is 0 Å². The number of halogens is 2. The Bertz CT molecular complexity index is 2030. The standard InChI is InChI=1S/C24H27.C22H23.2CH3.2ClH.H2Si.Zr/c1-17(2)22-15-21-9-6-10-23(24(21)16-22)20-13-11-19(12-14-20)18-7-4-3-5-8-18;1-16-14-20-8-5-9-21(22(20)15-16)19-12-10-18(11-13-19)17-6-3-2-4-7-17;;;;;;/h6,9-18H,3-5,7-8H2,1-2H3;5,8-15,17H,2-4,6-7H2,1H3;2*1H3;2*1H;1H2;. The Balaban J connectivity index is 0.00000232. The van der Waals surface area contributed by atoms with E-state index in [0.717, 1.165) is 11.8 Å². The molecule has 0 aromatic heterocycles. The fraction of sp³-hybridized carbons (Fsp3) is 0.417. The van der Waals surface area contributed by atoms with Gasteiger partial charge in [-0.05, 0) is 0 Å².